The largest absolute Gasteiger partial charge is 0.382 e. The first-order chi connectivity index (χ1) is 10.7. The van der Waals surface area contributed by atoms with E-state index in [-0.39, 0.29) is 24.0 Å². The van der Waals surface area contributed by atoms with Crippen LogP contribution in [0.1, 0.15) is 25.8 Å². The van der Waals surface area contributed by atoms with E-state index >= 15 is 0 Å². The normalized spacial score (nSPS) is 11.0. The molecular weight excluding hydrogens is 421 g/mol. The van der Waals surface area contributed by atoms with Crippen LogP contribution in [0.25, 0.3) is 0 Å². The highest BCUT2D eigenvalue weighted by Crippen LogP contribution is 2.15. The fourth-order valence-corrected chi connectivity index (χ4v) is 2.45. The maximum Gasteiger partial charge on any atom is 0.193 e. The van der Waals surface area contributed by atoms with Crippen molar-refractivity contribution < 1.29 is 4.74 Å². The van der Waals surface area contributed by atoms with Crippen molar-refractivity contribution in [2.45, 2.75) is 31.7 Å². The summed E-state index contributed by atoms with van der Waals surface area (Å²) in [7, 11) is 2.08. The summed E-state index contributed by atoms with van der Waals surface area (Å²) in [6.45, 7) is 8.18. The van der Waals surface area contributed by atoms with Gasteiger partial charge in [0, 0.05) is 44.8 Å². The third-order valence-electron chi connectivity index (χ3n) is 3.19. The minimum Gasteiger partial charge on any atom is -0.382 e. The average Bonchev–Trinajstić information content (AvgIpc) is 2.54. The molecule has 1 aromatic rings. The molecule has 0 radical (unpaired) electrons. The molecule has 0 aliphatic rings. The van der Waals surface area contributed by atoms with Gasteiger partial charge in [-0.3, -0.25) is 4.99 Å². The van der Waals surface area contributed by atoms with Gasteiger partial charge in [0.05, 0.1) is 0 Å². The van der Waals surface area contributed by atoms with Crippen molar-refractivity contribution in [2.24, 2.45) is 4.99 Å². The molecule has 0 amide bonds. The zero-order valence-corrected chi connectivity index (χ0v) is 17.8. The first-order valence-corrected chi connectivity index (χ1v) is 9.13. The molecule has 0 aliphatic carbocycles. The maximum absolute atomic E-state index is 5.35. The number of aliphatic imine (C=N–C) groups is 1. The quantitative estimate of drug-likeness (QED) is 0.204. The Morgan fingerprint density at radius 3 is 2.52 bits per heavy atom. The summed E-state index contributed by atoms with van der Waals surface area (Å²) in [5, 5.41) is 3.35. The number of ether oxygens (including phenoxy) is 1. The van der Waals surface area contributed by atoms with Gasteiger partial charge in [-0.05, 0) is 44.2 Å². The lowest BCUT2D eigenvalue weighted by Gasteiger charge is -2.22. The van der Waals surface area contributed by atoms with E-state index in [1.807, 2.05) is 6.92 Å². The lowest BCUT2D eigenvalue weighted by Crippen LogP contribution is -2.38. The molecule has 0 aromatic heterocycles. The topological polar surface area (TPSA) is 36.9 Å². The highest BCUT2D eigenvalue weighted by molar-refractivity contribution is 14.0. The van der Waals surface area contributed by atoms with Crippen LogP contribution in [0.4, 0.5) is 0 Å². The van der Waals surface area contributed by atoms with E-state index in [0.717, 1.165) is 45.2 Å². The lowest BCUT2D eigenvalue weighted by molar-refractivity contribution is 0.146. The van der Waals surface area contributed by atoms with Gasteiger partial charge < -0.3 is 15.0 Å². The van der Waals surface area contributed by atoms with E-state index in [2.05, 4.69) is 59.7 Å². The molecule has 0 spiro atoms. The van der Waals surface area contributed by atoms with Crippen molar-refractivity contribution in [2.75, 3.05) is 39.6 Å². The summed E-state index contributed by atoms with van der Waals surface area (Å²) in [6.07, 6.45) is 3.05. The monoisotopic (exact) mass is 451 g/mol. The third-order valence-corrected chi connectivity index (χ3v) is 3.93. The van der Waals surface area contributed by atoms with Gasteiger partial charge in [0.1, 0.15) is 0 Å². The van der Waals surface area contributed by atoms with Crippen LogP contribution in [0.3, 0.4) is 0 Å². The smallest absolute Gasteiger partial charge is 0.193 e. The van der Waals surface area contributed by atoms with E-state index in [4.69, 9.17) is 4.74 Å². The van der Waals surface area contributed by atoms with Gasteiger partial charge >= 0.3 is 0 Å². The number of rotatable bonds is 9. The second kappa shape index (κ2) is 13.9. The van der Waals surface area contributed by atoms with Crippen molar-refractivity contribution in [3.63, 3.8) is 0 Å². The van der Waals surface area contributed by atoms with Crippen molar-refractivity contribution in [1.82, 2.24) is 10.2 Å². The molecule has 0 unspecified atom stereocenters. The van der Waals surface area contributed by atoms with Gasteiger partial charge in [-0.2, -0.15) is 0 Å². The Balaban J connectivity index is 0.00000484. The van der Waals surface area contributed by atoms with Crippen LogP contribution in [0, 0.1) is 0 Å². The summed E-state index contributed by atoms with van der Waals surface area (Å²) < 4.78 is 5.35. The summed E-state index contributed by atoms with van der Waals surface area (Å²) in [6, 6.07) is 8.70. The molecule has 0 aliphatic heterocycles. The Kier molecular flexibility index (Phi) is 13.6. The average molecular weight is 451 g/mol. The predicted octanol–water partition coefficient (Wildman–Crippen LogP) is 3.85. The van der Waals surface area contributed by atoms with E-state index in [9.17, 15) is 0 Å². The van der Waals surface area contributed by atoms with Gasteiger partial charge in [-0.1, -0.05) is 12.1 Å². The van der Waals surface area contributed by atoms with Crippen LogP contribution in [0.2, 0.25) is 0 Å². The van der Waals surface area contributed by atoms with Crippen molar-refractivity contribution in [1.29, 1.82) is 0 Å². The SMILES string of the molecule is CCNC(=NCCCOCC)N(C)Cc1ccc(SC)cc1.I. The second-order valence-electron chi connectivity index (χ2n) is 4.99. The molecule has 0 saturated carbocycles. The molecule has 1 N–H and O–H groups in total. The van der Waals surface area contributed by atoms with Crippen LogP contribution in [0.15, 0.2) is 34.2 Å². The van der Waals surface area contributed by atoms with Crippen LogP contribution in [-0.4, -0.2) is 50.5 Å². The molecule has 1 aromatic carbocycles. The van der Waals surface area contributed by atoms with Crippen molar-refractivity contribution in [3.8, 4) is 0 Å². The molecular formula is C17H30IN3OS. The lowest BCUT2D eigenvalue weighted by atomic mass is 10.2. The summed E-state index contributed by atoms with van der Waals surface area (Å²) in [4.78, 5) is 8.12. The molecule has 0 fully saturated rings. The third kappa shape index (κ3) is 9.42. The first kappa shape index (κ1) is 22.5. The highest BCUT2D eigenvalue weighted by atomic mass is 127. The zero-order valence-electron chi connectivity index (χ0n) is 14.7. The standard InChI is InChI=1S/C17H29N3OS.HI/c1-5-18-17(19-12-7-13-21-6-2)20(3)14-15-8-10-16(22-4)11-9-15;/h8-11H,5-7,12-14H2,1-4H3,(H,18,19);1H. The minimum atomic E-state index is 0. The van der Waals surface area contributed by atoms with Crippen LogP contribution >= 0.6 is 35.7 Å². The van der Waals surface area contributed by atoms with Gasteiger partial charge in [-0.15, -0.1) is 35.7 Å². The number of thioether (sulfide) groups is 1. The van der Waals surface area contributed by atoms with E-state index < -0.39 is 0 Å². The number of benzene rings is 1. The number of hydrogen-bond acceptors (Lipinski definition) is 3. The van der Waals surface area contributed by atoms with Gasteiger partial charge in [-0.25, -0.2) is 0 Å². The molecule has 0 bridgehead atoms. The van der Waals surface area contributed by atoms with Crippen molar-refractivity contribution in [3.05, 3.63) is 29.8 Å². The molecule has 4 nitrogen and oxygen atoms in total. The molecule has 6 heteroatoms. The number of guanidine groups is 1. The van der Waals surface area contributed by atoms with E-state index in [1.165, 1.54) is 10.5 Å². The fourth-order valence-electron chi connectivity index (χ4n) is 2.05. The Morgan fingerprint density at radius 1 is 1.26 bits per heavy atom. The van der Waals surface area contributed by atoms with Gasteiger partial charge in [0.15, 0.2) is 5.96 Å². The number of nitrogens with one attached hydrogen (secondary N) is 1. The van der Waals surface area contributed by atoms with Crippen LogP contribution < -0.4 is 5.32 Å². The summed E-state index contributed by atoms with van der Waals surface area (Å²) in [5.41, 5.74) is 1.29. The van der Waals surface area contributed by atoms with Crippen LogP contribution in [0.5, 0.6) is 0 Å². The van der Waals surface area contributed by atoms with Gasteiger partial charge in [0.25, 0.3) is 0 Å². The second-order valence-corrected chi connectivity index (χ2v) is 5.87. The van der Waals surface area contributed by atoms with E-state index in [1.54, 1.807) is 11.8 Å². The van der Waals surface area contributed by atoms with E-state index in [0.29, 0.717) is 0 Å². The minimum absolute atomic E-state index is 0. The Hall–Kier alpha value is -0.470. The Labute approximate surface area is 162 Å². The predicted molar refractivity (Wildman–Crippen MR) is 112 cm³/mol. The van der Waals surface area contributed by atoms with Crippen LogP contribution in [-0.2, 0) is 11.3 Å². The summed E-state index contributed by atoms with van der Waals surface area (Å²) >= 11 is 1.77. The fraction of sp³-hybridized carbons (Fsp3) is 0.588. The number of halogens is 1. The highest BCUT2D eigenvalue weighted by Gasteiger charge is 2.06. The molecule has 23 heavy (non-hydrogen) atoms. The molecule has 0 atom stereocenters. The zero-order chi connectivity index (χ0) is 16.2. The Morgan fingerprint density at radius 2 is 1.96 bits per heavy atom. The van der Waals surface area contributed by atoms with Crippen molar-refractivity contribution >= 4 is 41.7 Å². The Bertz CT molecular complexity index is 440. The maximum atomic E-state index is 5.35. The number of nitrogens with zero attached hydrogens (tertiary/aromatic N) is 2. The van der Waals surface area contributed by atoms with Gasteiger partial charge in [0.2, 0.25) is 0 Å². The number of hydrogen-bond donors (Lipinski definition) is 1. The molecule has 1 rings (SSSR count). The molecule has 132 valence electrons. The first-order valence-electron chi connectivity index (χ1n) is 7.91. The summed E-state index contributed by atoms with van der Waals surface area (Å²) in [5.74, 6) is 0.952. The molecule has 0 saturated heterocycles. The molecule has 0 heterocycles.